The Hall–Kier alpha value is -1.36. The number of hydrogen-bond acceptors (Lipinski definition) is 5. The minimum absolute atomic E-state index is 0.104. The summed E-state index contributed by atoms with van der Waals surface area (Å²) < 4.78 is 10.4. The third-order valence-electron chi connectivity index (χ3n) is 4.94. The molecule has 0 spiro atoms. The SMILES string of the molecule is COc1cnc(C(N)CC2CC3CCC2C3)c(OC)n1. The van der Waals surface area contributed by atoms with Crippen molar-refractivity contribution in [1.29, 1.82) is 0 Å². The Morgan fingerprint density at radius 2 is 2.15 bits per heavy atom. The summed E-state index contributed by atoms with van der Waals surface area (Å²) in [4.78, 5) is 8.65. The summed E-state index contributed by atoms with van der Waals surface area (Å²) in [7, 11) is 3.16. The van der Waals surface area contributed by atoms with Gasteiger partial charge >= 0.3 is 0 Å². The van der Waals surface area contributed by atoms with Crippen LogP contribution in [0.25, 0.3) is 0 Å². The highest BCUT2D eigenvalue weighted by Crippen LogP contribution is 2.50. The van der Waals surface area contributed by atoms with Crippen LogP contribution in [0, 0.1) is 17.8 Å². The van der Waals surface area contributed by atoms with Gasteiger partial charge in [0.2, 0.25) is 11.8 Å². The van der Waals surface area contributed by atoms with E-state index in [-0.39, 0.29) is 6.04 Å². The fourth-order valence-electron chi connectivity index (χ4n) is 3.97. The summed E-state index contributed by atoms with van der Waals surface area (Å²) in [5, 5.41) is 0. The topological polar surface area (TPSA) is 70.3 Å². The van der Waals surface area contributed by atoms with Crippen LogP contribution in [-0.4, -0.2) is 24.2 Å². The Labute approximate surface area is 119 Å². The van der Waals surface area contributed by atoms with Crippen molar-refractivity contribution >= 4 is 0 Å². The van der Waals surface area contributed by atoms with Crippen molar-refractivity contribution in [3.05, 3.63) is 11.9 Å². The molecule has 2 saturated carbocycles. The Morgan fingerprint density at radius 3 is 2.75 bits per heavy atom. The molecule has 3 rings (SSSR count). The second-order valence-electron chi connectivity index (χ2n) is 6.08. The van der Waals surface area contributed by atoms with Crippen LogP contribution >= 0.6 is 0 Å². The number of nitrogens with two attached hydrogens (primary N) is 1. The second kappa shape index (κ2) is 5.56. The molecule has 0 saturated heterocycles. The van der Waals surface area contributed by atoms with Gasteiger partial charge in [0, 0.05) is 0 Å². The molecular weight excluding hydrogens is 254 g/mol. The zero-order valence-electron chi connectivity index (χ0n) is 12.2. The Morgan fingerprint density at radius 1 is 1.30 bits per heavy atom. The van der Waals surface area contributed by atoms with Gasteiger partial charge in [-0.15, -0.1) is 0 Å². The number of aromatic nitrogens is 2. The molecule has 1 aromatic heterocycles. The molecule has 0 aromatic carbocycles. The van der Waals surface area contributed by atoms with E-state index in [1.807, 2.05) is 0 Å². The lowest BCUT2D eigenvalue weighted by atomic mass is 9.84. The first-order valence-electron chi connectivity index (χ1n) is 7.41. The van der Waals surface area contributed by atoms with E-state index < -0.39 is 0 Å². The molecule has 0 amide bonds. The van der Waals surface area contributed by atoms with Gasteiger partial charge in [0.15, 0.2) is 0 Å². The number of rotatable bonds is 5. The quantitative estimate of drug-likeness (QED) is 0.894. The maximum Gasteiger partial charge on any atom is 0.240 e. The number of methoxy groups -OCH3 is 2. The van der Waals surface area contributed by atoms with Crippen LogP contribution in [0.5, 0.6) is 11.8 Å². The van der Waals surface area contributed by atoms with E-state index in [4.69, 9.17) is 15.2 Å². The van der Waals surface area contributed by atoms with Crippen molar-refractivity contribution in [1.82, 2.24) is 9.97 Å². The van der Waals surface area contributed by atoms with Crippen LogP contribution in [-0.2, 0) is 0 Å². The van der Waals surface area contributed by atoms with E-state index in [2.05, 4.69) is 9.97 Å². The summed E-state index contributed by atoms with van der Waals surface area (Å²) in [5.74, 6) is 3.51. The van der Waals surface area contributed by atoms with Crippen LogP contribution in [0.1, 0.15) is 43.8 Å². The lowest BCUT2D eigenvalue weighted by Gasteiger charge is -2.24. The van der Waals surface area contributed by atoms with E-state index >= 15 is 0 Å². The van der Waals surface area contributed by atoms with Crippen molar-refractivity contribution in [2.45, 2.75) is 38.1 Å². The summed E-state index contributed by atoms with van der Waals surface area (Å²) in [6.07, 6.45) is 8.14. The highest BCUT2D eigenvalue weighted by atomic mass is 16.5. The van der Waals surface area contributed by atoms with Gasteiger partial charge in [-0.1, -0.05) is 6.42 Å². The number of hydrogen-bond donors (Lipinski definition) is 1. The maximum absolute atomic E-state index is 6.35. The van der Waals surface area contributed by atoms with Gasteiger partial charge in [-0.3, -0.25) is 0 Å². The molecule has 2 aliphatic carbocycles. The normalized spacial score (nSPS) is 29.4. The number of ether oxygens (including phenoxy) is 2. The molecule has 5 nitrogen and oxygen atoms in total. The molecule has 2 fully saturated rings. The van der Waals surface area contributed by atoms with Gasteiger partial charge in [-0.2, -0.15) is 4.98 Å². The minimum atomic E-state index is -0.104. The van der Waals surface area contributed by atoms with Gasteiger partial charge in [0.25, 0.3) is 0 Å². The molecule has 5 heteroatoms. The zero-order chi connectivity index (χ0) is 14.1. The Kier molecular flexibility index (Phi) is 3.78. The largest absolute Gasteiger partial charge is 0.480 e. The van der Waals surface area contributed by atoms with Gasteiger partial charge in [-0.05, 0) is 43.4 Å². The van der Waals surface area contributed by atoms with Gasteiger partial charge in [-0.25, -0.2) is 4.98 Å². The Bertz CT molecular complexity index is 480. The molecule has 2 bridgehead atoms. The Balaban J connectivity index is 1.71. The molecule has 2 aliphatic rings. The van der Waals surface area contributed by atoms with Crippen LogP contribution in [0.2, 0.25) is 0 Å². The maximum atomic E-state index is 6.35. The molecule has 20 heavy (non-hydrogen) atoms. The number of fused-ring (bicyclic) bond motifs is 2. The first-order valence-corrected chi connectivity index (χ1v) is 7.41. The highest BCUT2D eigenvalue weighted by Gasteiger charge is 2.40. The van der Waals surface area contributed by atoms with E-state index in [1.54, 1.807) is 20.4 Å². The highest BCUT2D eigenvalue weighted by molar-refractivity contribution is 5.25. The van der Waals surface area contributed by atoms with Crippen LogP contribution in [0.4, 0.5) is 0 Å². The average molecular weight is 277 g/mol. The second-order valence-corrected chi connectivity index (χ2v) is 6.08. The van der Waals surface area contributed by atoms with Gasteiger partial charge in [0.05, 0.1) is 26.5 Å². The molecule has 0 aliphatic heterocycles. The first-order chi connectivity index (χ1) is 9.71. The lowest BCUT2D eigenvalue weighted by Crippen LogP contribution is -2.21. The van der Waals surface area contributed by atoms with Crippen LogP contribution in [0.15, 0.2) is 6.20 Å². The summed E-state index contributed by atoms with van der Waals surface area (Å²) in [6, 6.07) is -0.104. The summed E-state index contributed by atoms with van der Waals surface area (Å²) in [6.45, 7) is 0. The molecule has 4 atom stereocenters. The molecule has 2 N–H and O–H groups in total. The van der Waals surface area contributed by atoms with Crippen molar-refractivity contribution in [3.8, 4) is 11.8 Å². The number of nitrogens with zero attached hydrogens (tertiary/aromatic N) is 2. The van der Waals surface area contributed by atoms with E-state index in [0.717, 1.165) is 29.9 Å². The van der Waals surface area contributed by atoms with Gasteiger partial charge < -0.3 is 15.2 Å². The standard InChI is InChI=1S/C15H23N3O2/c1-19-13-8-17-14(15(18-13)20-2)12(16)7-11-6-9-3-4-10(11)5-9/h8-12H,3-7,16H2,1-2H3. The predicted molar refractivity (Wildman–Crippen MR) is 75.6 cm³/mol. The lowest BCUT2D eigenvalue weighted by molar-refractivity contribution is 0.289. The van der Waals surface area contributed by atoms with Gasteiger partial charge in [0.1, 0.15) is 5.69 Å². The fraction of sp³-hybridized carbons (Fsp3) is 0.733. The van der Waals surface area contributed by atoms with Crippen LogP contribution in [0.3, 0.4) is 0 Å². The molecule has 4 unspecified atom stereocenters. The molecule has 1 heterocycles. The zero-order valence-corrected chi connectivity index (χ0v) is 12.2. The molecule has 110 valence electrons. The van der Waals surface area contributed by atoms with Crippen molar-refractivity contribution in [2.24, 2.45) is 23.5 Å². The third kappa shape index (κ3) is 2.46. The van der Waals surface area contributed by atoms with Crippen LogP contribution < -0.4 is 15.2 Å². The van der Waals surface area contributed by atoms with Crippen molar-refractivity contribution in [2.75, 3.05) is 14.2 Å². The average Bonchev–Trinajstić information content (AvgIpc) is 3.09. The fourth-order valence-corrected chi connectivity index (χ4v) is 3.97. The molecular formula is C15H23N3O2. The van der Waals surface area contributed by atoms with Crippen molar-refractivity contribution < 1.29 is 9.47 Å². The first kappa shape index (κ1) is 13.6. The van der Waals surface area contributed by atoms with E-state index in [9.17, 15) is 0 Å². The summed E-state index contributed by atoms with van der Waals surface area (Å²) in [5.41, 5.74) is 7.10. The summed E-state index contributed by atoms with van der Waals surface area (Å²) >= 11 is 0. The molecule has 1 aromatic rings. The van der Waals surface area contributed by atoms with Crippen molar-refractivity contribution in [3.63, 3.8) is 0 Å². The monoisotopic (exact) mass is 277 g/mol. The smallest absolute Gasteiger partial charge is 0.240 e. The van der Waals surface area contributed by atoms with E-state index in [0.29, 0.717) is 11.8 Å². The predicted octanol–water partition coefficient (Wildman–Crippen LogP) is 2.32. The van der Waals surface area contributed by atoms with E-state index in [1.165, 1.54) is 25.7 Å². The minimum Gasteiger partial charge on any atom is -0.480 e. The third-order valence-corrected chi connectivity index (χ3v) is 4.94. The molecule has 0 radical (unpaired) electrons.